The van der Waals surface area contributed by atoms with Gasteiger partial charge in [-0.25, -0.2) is 5.84 Å². The number of hydrogen-bond donors (Lipinski definition) is 2. The number of nitrogens with two attached hydrogens (primary N) is 2. The fourth-order valence-electron chi connectivity index (χ4n) is 3.12. The maximum atomic E-state index is 6.20. The minimum Gasteiger partial charge on any atom is -0.496 e. The standard InChI is InChI=1S/C24H34N4O2/c1-5-6-7-14-27-15-13-21(25)19-11-12-23(18(2)16-19)30-17-20-22(28(3)26)9-8-10-24(20)29-4/h8-13,15-16H,5-7,14,17,25-26H2,1-4H3. The van der Waals surface area contributed by atoms with Crippen molar-refractivity contribution in [3.63, 3.8) is 0 Å². The van der Waals surface area contributed by atoms with E-state index in [4.69, 9.17) is 21.1 Å². The average molecular weight is 411 g/mol. The number of hydrazine groups is 1. The lowest BCUT2D eigenvalue weighted by Crippen LogP contribution is -2.26. The van der Waals surface area contributed by atoms with Crippen molar-refractivity contribution < 1.29 is 9.47 Å². The number of methoxy groups -OCH3 is 1. The number of anilines is 1. The van der Waals surface area contributed by atoms with E-state index in [0.717, 1.165) is 46.8 Å². The SMILES string of the molecule is CCCCCN=CC=C(N)c1ccc(OCc2c(OC)cccc2N(C)N)c(C)c1. The molecule has 0 saturated heterocycles. The van der Waals surface area contributed by atoms with E-state index in [-0.39, 0.29) is 0 Å². The van der Waals surface area contributed by atoms with E-state index in [1.807, 2.05) is 49.4 Å². The van der Waals surface area contributed by atoms with Crippen LogP contribution in [0.15, 0.2) is 47.5 Å². The van der Waals surface area contributed by atoms with Gasteiger partial charge in [0, 0.05) is 25.5 Å². The van der Waals surface area contributed by atoms with Gasteiger partial charge in [-0.3, -0.25) is 4.99 Å². The summed E-state index contributed by atoms with van der Waals surface area (Å²) >= 11 is 0. The molecule has 0 radical (unpaired) electrons. The normalized spacial score (nSPS) is 11.7. The van der Waals surface area contributed by atoms with Crippen molar-refractivity contribution in [3.05, 3.63) is 59.2 Å². The largest absolute Gasteiger partial charge is 0.496 e. The number of unbranched alkanes of at least 4 members (excludes halogenated alkanes) is 2. The zero-order chi connectivity index (χ0) is 21.9. The highest BCUT2D eigenvalue weighted by atomic mass is 16.5. The van der Waals surface area contributed by atoms with Crippen molar-refractivity contribution in [1.29, 1.82) is 0 Å². The second kappa shape index (κ2) is 11.9. The summed E-state index contributed by atoms with van der Waals surface area (Å²) in [5, 5.41) is 1.56. The van der Waals surface area contributed by atoms with Crippen LogP contribution in [0.2, 0.25) is 0 Å². The highest BCUT2D eigenvalue weighted by Crippen LogP contribution is 2.30. The Balaban J connectivity index is 2.08. The molecule has 6 nitrogen and oxygen atoms in total. The van der Waals surface area contributed by atoms with Gasteiger partial charge in [0.1, 0.15) is 18.1 Å². The zero-order valence-electron chi connectivity index (χ0n) is 18.5. The third-order valence-electron chi connectivity index (χ3n) is 4.84. The Bertz CT molecular complexity index is 876. The first-order valence-corrected chi connectivity index (χ1v) is 10.3. The van der Waals surface area contributed by atoms with Crippen molar-refractivity contribution in [1.82, 2.24) is 0 Å². The first kappa shape index (κ1) is 23.3. The van der Waals surface area contributed by atoms with Crippen LogP contribution in [-0.2, 0) is 6.61 Å². The fourth-order valence-corrected chi connectivity index (χ4v) is 3.12. The Morgan fingerprint density at radius 1 is 1.17 bits per heavy atom. The van der Waals surface area contributed by atoms with Crippen LogP contribution in [0.25, 0.3) is 5.70 Å². The third kappa shape index (κ3) is 6.52. The van der Waals surface area contributed by atoms with E-state index in [0.29, 0.717) is 12.3 Å². The summed E-state index contributed by atoms with van der Waals surface area (Å²) in [6.45, 7) is 5.37. The summed E-state index contributed by atoms with van der Waals surface area (Å²) in [7, 11) is 3.43. The number of rotatable bonds is 11. The van der Waals surface area contributed by atoms with Crippen molar-refractivity contribution in [3.8, 4) is 11.5 Å². The highest BCUT2D eigenvalue weighted by molar-refractivity contribution is 5.83. The van der Waals surface area contributed by atoms with Crippen molar-refractivity contribution in [2.75, 3.05) is 25.7 Å². The Kier molecular flexibility index (Phi) is 9.22. The maximum absolute atomic E-state index is 6.20. The second-order valence-corrected chi connectivity index (χ2v) is 7.22. The van der Waals surface area contributed by atoms with Crippen LogP contribution in [-0.4, -0.2) is 26.9 Å². The Morgan fingerprint density at radius 2 is 1.97 bits per heavy atom. The van der Waals surface area contributed by atoms with E-state index in [2.05, 4.69) is 11.9 Å². The monoisotopic (exact) mass is 410 g/mol. The van der Waals surface area contributed by atoms with Gasteiger partial charge < -0.3 is 20.2 Å². The molecule has 0 aliphatic rings. The quantitative estimate of drug-likeness (QED) is 0.247. The molecule has 0 atom stereocenters. The Morgan fingerprint density at radius 3 is 2.63 bits per heavy atom. The molecule has 0 aromatic heterocycles. The minimum absolute atomic E-state index is 0.344. The van der Waals surface area contributed by atoms with E-state index in [1.165, 1.54) is 12.8 Å². The highest BCUT2D eigenvalue weighted by Gasteiger charge is 2.13. The zero-order valence-corrected chi connectivity index (χ0v) is 18.5. The number of nitrogens with zero attached hydrogens (tertiary/aromatic N) is 2. The summed E-state index contributed by atoms with van der Waals surface area (Å²) in [5.74, 6) is 7.48. The molecular weight excluding hydrogens is 376 g/mol. The number of benzene rings is 2. The predicted molar refractivity (Wildman–Crippen MR) is 126 cm³/mol. The van der Waals surface area contributed by atoms with E-state index >= 15 is 0 Å². The van der Waals surface area contributed by atoms with Gasteiger partial charge in [0.2, 0.25) is 0 Å². The van der Waals surface area contributed by atoms with E-state index in [1.54, 1.807) is 25.4 Å². The predicted octanol–water partition coefficient (Wildman–Crippen LogP) is 4.45. The van der Waals surface area contributed by atoms with Crippen molar-refractivity contribution in [2.24, 2.45) is 16.6 Å². The van der Waals surface area contributed by atoms with Gasteiger partial charge >= 0.3 is 0 Å². The van der Waals surface area contributed by atoms with Crippen LogP contribution in [0.5, 0.6) is 11.5 Å². The molecule has 0 saturated carbocycles. The van der Waals surface area contributed by atoms with E-state index in [9.17, 15) is 0 Å². The van der Waals surface area contributed by atoms with Gasteiger partial charge in [-0.05, 0) is 60.9 Å². The molecular formula is C24H34N4O2. The van der Waals surface area contributed by atoms with Crippen molar-refractivity contribution >= 4 is 17.6 Å². The summed E-state index contributed by atoms with van der Waals surface area (Å²) in [6.07, 6.45) is 7.15. The van der Waals surface area contributed by atoms with Gasteiger partial charge in [0.05, 0.1) is 18.4 Å². The molecule has 0 aliphatic carbocycles. The van der Waals surface area contributed by atoms with Crippen LogP contribution >= 0.6 is 0 Å². The number of hydrogen-bond acceptors (Lipinski definition) is 6. The molecule has 0 bridgehead atoms. The molecule has 0 heterocycles. The molecule has 0 fully saturated rings. The number of allylic oxidation sites excluding steroid dienone is 1. The molecule has 0 unspecified atom stereocenters. The first-order chi connectivity index (χ1) is 14.5. The summed E-state index contributed by atoms with van der Waals surface area (Å²) in [6, 6.07) is 11.7. The number of aliphatic imine (C=N–C) groups is 1. The summed E-state index contributed by atoms with van der Waals surface area (Å²) in [4.78, 5) is 4.38. The summed E-state index contributed by atoms with van der Waals surface area (Å²) < 4.78 is 11.6. The smallest absolute Gasteiger partial charge is 0.127 e. The second-order valence-electron chi connectivity index (χ2n) is 7.22. The Labute approximate surface area is 180 Å². The lowest BCUT2D eigenvalue weighted by atomic mass is 10.1. The molecule has 0 aliphatic heterocycles. The van der Waals surface area contributed by atoms with Crippen LogP contribution in [0, 0.1) is 6.92 Å². The topological polar surface area (TPSA) is 86.1 Å². The minimum atomic E-state index is 0.344. The molecule has 2 rings (SSSR count). The van der Waals surface area contributed by atoms with Crippen molar-refractivity contribution in [2.45, 2.75) is 39.7 Å². The van der Waals surface area contributed by atoms with Crippen LogP contribution < -0.4 is 26.1 Å². The molecule has 0 amide bonds. The van der Waals surface area contributed by atoms with Gasteiger partial charge in [0.25, 0.3) is 0 Å². The average Bonchev–Trinajstić information content (AvgIpc) is 2.74. The Hall–Kier alpha value is -2.99. The van der Waals surface area contributed by atoms with E-state index < -0.39 is 0 Å². The molecule has 2 aromatic carbocycles. The van der Waals surface area contributed by atoms with Gasteiger partial charge in [-0.2, -0.15) is 0 Å². The number of ether oxygens (including phenoxy) is 2. The molecule has 162 valence electrons. The maximum Gasteiger partial charge on any atom is 0.127 e. The molecule has 30 heavy (non-hydrogen) atoms. The lowest BCUT2D eigenvalue weighted by molar-refractivity contribution is 0.295. The molecule has 4 N–H and O–H groups in total. The number of aryl methyl sites for hydroxylation is 1. The fraction of sp³-hybridized carbons (Fsp3) is 0.375. The van der Waals surface area contributed by atoms with Crippen LogP contribution in [0.4, 0.5) is 5.69 Å². The van der Waals surface area contributed by atoms with Crippen LogP contribution in [0.3, 0.4) is 0 Å². The first-order valence-electron chi connectivity index (χ1n) is 10.3. The molecule has 0 spiro atoms. The van der Waals surface area contributed by atoms with Crippen LogP contribution in [0.1, 0.15) is 42.9 Å². The molecule has 6 heteroatoms. The third-order valence-corrected chi connectivity index (χ3v) is 4.84. The lowest BCUT2D eigenvalue weighted by Gasteiger charge is -2.20. The molecule has 2 aromatic rings. The van der Waals surface area contributed by atoms with Gasteiger partial charge in [-0.1, -0.05) is 25.8 Å². The summed E-state index contributed by atoms with van der Waals surface area (Å²) in [5.41, 5.74) is 10.6. The van der Waals surface area contributed by atoms with Gasteiger partial charge in [-0.15, -0.1) is 0 Å². The van der Waals surface area contributed by atoms with Gasteiger partial charge in [0.15, 0.2) is 0 Å².